The average Bonchev–Trinajstić information content (AvgIpc) is 3.38. The Balaban J connectivity index is 0.813. The number of amides is 2. The van der Waals surface area contributed by atoms with Crippen molar-refractivity contribution in [3.05, 3.63) is 226 Å². The number of anilines is 2. The zero-order valence-electron chi connectivity index (χ0n) is 39.2. The van der Waals surface area contributed by atoms with Crippen LogP contribution in [0.4, 0.5) is 11.4 Å². The predicted octanol–water partition coefficient (Wildman–Crippen LogP) is 13.9. The van der Waals surface area contributed by atoms with Gasteiger partial charge in [-0.15, -0.1) is 0 Å². The van der Waals surface area contributed by atoms with Crippen LogP contribution >= 0.6 is 12.3 Å². The normalized spacial score (nSPS) is 10.9. The van der Waals surface area contributed by atoms with Crippen molar-refractivity contribution in [1.82, 2.24) is 0 Å². The first-order valence-electron chi connectivity index (χ1n) is 22.3. The van der Waals surface area contributed by atoms with Gasteiger partial charge in [0.1, 0.15) is 40.2 Å². The second kappa shape index (κ2) is 22.1. The predicted molar refractivity (Wildman–Crippen MR) is 273 cm³/mol. The number of aryl methyl sites for hydroxylation is 2. The summed E-state index contributed by atoms with van der Waals surface area (Å²) in [4.78, 5) is 55.7. The number of carboxylic acid groups (broad SMARTS) is 2. The number of nitrogens with one attached hydrogen (secondary N) is 2. The molecule has 8 aromatic rings. The summed E-state index contributed by atoms with van der Waals surface area (Å²) in [6.07, 6.45) is 0. The van der Waals surface area contributed by atoms with Crippen molar-refractivity contribution < 1.29 is 57.0 Å². The third-order valence-electron chi connectivity index (χ3n) is 11.3. The van der Waals surface area contributed by atoms with Gasteiger partial charge in [-0.1, -0.05) is 77.8 Å². The third-order valence-corrected chi connectivity index (χ3v) is 11.7. The highest BCUT2D eigenvalue weighted by atomic mass is 32.2. The van der Waals surface area contributed by atoms with Gasteiger partial charge in [0.25, 0.3) is 24.1 Å². The number of carbonyl (C=O) groups is 4. The van der Waals surface area contributed by atoms with Crippen molar-refractivity contribution in [2.75, 3.05) is 10.6 Å². The van der Waals surface area contributed by atoms with Gasteiger partial charge in [-0.2, -0.15) is 0 Å². The Morgan fingerprint density at radius 2 is 0.750 bits per heavy atom. The molecule has 0 unspecified atom stereocenters. The molecule has 0 spiro atoms. The molecule has 72 heavy (non-hydrogen) atoms. The number of carboxylic acids is 2. The Labute approximate surface area is 419 Å². The van der Waals surface area contributed by atoms with Gasteiger partial charge in [-0.25, -0.2) is 9.59 Å². The first-order chi connectivity index (χ1) is 34.7. The van der Waals surface area contributed by atoms with E-state index in [0.717, 1.165) is 22.3 Å². The van der Waals surface area contributed by atoms with Gasteiger partial charge < -0.3 is 44.1 Å². The van der Waals surface area contributed by atoms with E-state index in [-0.39, 0.29) is 33.4 Å². The minimum atomic E-state index is -1.31. The van der Waals surface area contributed by atoms with Gasteiger partial charge in [-0.3, -0.25) is 9.59 Å². The number of carbonyl (C=O) groups excluding carboxylic acids is 2. The van der Waals surface area contributed by atoms with Gasteiger partial charge >= 0.3 is 11.9 Å². The quantitative estimate of drug-likeness (QED) is 0.0260. The van der Waals surface area contributed by atoms with Crippen LogP contribution in [0.25, 0.3) is 0 Å². The molecule has 0 aliphatic carbocycles. The summed E-state index contributed by atoms with van der Waals surface area (Å²) in [5.41, 5.74) is 4.16. The smallest absolute Gasteiger partial charge is 0.336 e. The minimum absolute atomic E-state index is 0.0134. The number of benzene rings is 8. The fraction of sp³-hybridized carbons (Fsp3) is 0.0877. The first-order valence-corrected chi connectivity index (χ1v) is 23.0. The molecule has 8 rings (SSSR count). The maximum Gasteiger partial charge on any atom is 0.336 e. The van der Waals surface area contributed by atoms with Crippen molar-refractivity contribution >= 4 is 47.5 Å². The molecule has 15 heteroatoms. The molecule has 0 aliphatic rings. The largest absolute Gasteiger partial charge is 0.478 e. The van der Waals surface area contributed by atoms with Crippen LogP contribution in [0.3, 0.4) is 0 Å². The van der Waals surface area contributed by atoms with Crippen molar-refractivity contribution in [3.63, 3.8) is 0 Å². The van der Waals surface area contributed by atoms with Crippen molar-refractivity contribution in [2.24, 2.45) is 0 Å². The second-order valence-corrected chi connectivity index (χ2v) is 17.3. The molecule has 2 amide bonds. The Kier molecular flexibility index (Phi) is 15.2. The molecular formula is C57H46N2O12S. The molecule has 0 aromatic heterocycles. The lowest BCUT2D eigenvalue weighted by molar-refractivity contribution is -0.0833. The van der Waals surface area contributed by atoms with Gasteiger partial charge in [0.2, 0.25) is 0 Å². The molecule has 0 fully saturated rings. The van der Waals surface area contributed by atoms with Crippen LogP contribution in [-0.2, 0) is 9.75 Å². The number of aromatic carboxylic acids is 2. The molecule has 362 valence electrons. The van der Waals surface area contributed by atoms with E-state index < -0.39 is 23.8 Å². The van der Waals surface area contributed by atoms with Crippen molar-refractivity contribution in [3.8, 4) is 46.0 Å². The molecule has 8 aromatic carbocycles. The highest BCUT2D eigenvalue weighted by Gasteiger charge is 2.24. The lowest BCUT2D eigenvalue weighted by Crippen LogP contribution is -2.18. The second-order valence-electron chi connectivity index (χ2n) is 16.9. The summed E-state index contributed by atoms with van der Waals surface area (Å²) in [5.74, 6) is -0.0805. The van der Waals surface area contributed by atoms with E-state index in [1.54, 1.807) is 78.9 Å². The molecule has 0 bridgehead atoms. The van der Waals surface area contributed by atoms with E-state index in [0.29, 0.717) is 63.9 Å². The topological polar surface area (TPSA) is 188 Å². The molecular weight excluding hydrogens is 937 g/mol. The van der Waals surface area contributed by atoms with Crippen LogP contribution in [-0.4, -0.2) is 34.0 Å². The van der Waals surface area contributed by atoms with Gasteiger partial charge in [0.05, 0.1) is 22.3 Å². The molecule has 14 nitrogen and oxygen atoms in total. The summed E-state index contributed by atoms with van der Waals surface area (Å²) in [5, 5.41) is 25.2. The molecule has 0 saturated carbocycles. The Bertz CT molecular complexity index is 3220. The number of hydrogen-bond donors (Lipinski definition) is 4. The monoisotopic (exact) mass is 982 g/mol. The highest BCUT2D eigenvalue weighted by molar-refractivity contribution is 7.90. The summed E-state index contributed by atoms with van der Waals surface area (Å²) in [6, 6.07) is 51.8. The van der Waals surface area contributed by atoms with Gasteiger partial charge in [-0.05, 0) is 158 Å². The maximum absolute atomic E-state index is 13.2. The summed E-state index contributed by atoms with van der Waals surface area (Å²) < 4.78 is 28.4. The van der Waals surface area contributed by atoms with E-state index in [1.165, 1.54) is 30.3 Å². The van der Waals surface area contributed by atoms with Crippen LogP contribution in [0, 0.1) is 13.8 Å². The van der Waals surface area contributed by atoms with E-state index in [2.05, 4.69) is 24.5 Å². The SMILES string of the molecule is Cc1ccc(OOSOc2ccc(C(=O)Nc3ccc(Oc4ccc(C(C)(C)c5ccc(Oc6ccc(NC(=O)c7ccc(Oc8ccc(C)cc8)cc7C(=O)O)cc6)cc5)cc4)cc3)c(C(=O)O)c2)cc1. The van der Waals surface area contributed by atoms with Crippen LogP contribution < -0.4 is 33.9 Å². The zero-order chi connectivity index (χ0) is 50.8. The first kappa shape index (κ1) is 49.4. The van der Waals surface area contributed by atoms with Crippen LogP contribution in [0.15, 0.2) is 182 Å². The fourth-order valence-corrected chi connectivity index (χ4v) is 7.60. The molecule has 0 saturated heterocycles. The standard InChI is InChI=1S/C57H46N2O12S/c1-35-5-17-41(18-6-35)68-47-29-31-49(51(33-47)55(62)63)53(60)58-39-13-25-44(26-14-39)66-42-21-9-37(10-22-42)57(3,4)38-11-23-43(24-12-38)67-45-27-15-40(16-28-45)59-54(61)50-32-30-48(34-52(50)56(64)65)70-72-71-69-46-19-7-36(2)8-20-46/h5-34H,1-4H3,(H,58,60)(H,59,61)(H,62,63)(H,64,65). The van der Waals surface area contributed by atoms with Gasteiger partial charge in [0, 0.05) is 16.8 Å². The molecule has 0 radical (unpaired) electrons. The zero-order valence-corrected chi connectivity index (χ0v) is 40.0. The lowest BCUT2D eigenvalue weighted by atomic mass is 9.78. The van der Waals surface area contributed by atoms with Crippen molar-refractivity contribution in [2.45, 2.75) is 33.1 Å². The fourth-order valence-electron chi connectivity index (χ4n) is 7.28. The van der Waals surface area contributed by atoms with E-state index in [9.17, 15) is 29.4 Å². The lowest BCUT2D eigenvalue weighted by Gasteiger charge is -2.26. The molecule has 4 N–H and O–H groups in total. The number of ether oxygens (including phenoxy) is 3. The van der Waals surface area contributed by atoms with Crippen LogP contribution in [0.1, 0.15) is 77.5 Å². The summed E-state index contributed by atoms with van der Waals surface area (Å²) in [6.45, 7) is 8.13. The highest BCUT2D eigenvalue weighted by Crippen LogP contribution is 2.36. The van der Waals surface area contributed by atoms with E-state index >= 15 is 0 Å². The maximum atomic E-state index is 13.2. The third kappa shape index (κ3) is 12.6. The van der Waals surface area contributed by atoms with Crippen LogP contribution in [0.2, 0.25) is 0 Å². The average molecular weight is 983 g/mol. The van der Waals surface area contributed by atoms with E-state index in [4.69, 9.17) is 27.6 Å². The summed E-state index contributed by atoms with van der Waals surface area (Å²) in [7, 11) is 0. The Hall–Kier alpha value is -9.05. The number of rotatable bonds is 19. The van der Waals surface area contributed by atoms with Crippen molar-refractivity contribution in [1.29, 1.82) is 0 Å². The summed E-state index contributed by atoms with van der Waals surface area (Å²) >= 11 is 0.498. The van der Waals surface area contributed by atoms with Crippen LogP contribution in [0.5, 0.6) is 46.0 Å². The Morgan fingerprint density at radius 1 is 0.417 bits per heavy atom. The Morgan fingerprint density at radius 3 is 1.17 bits per heavy atom. The molecule has 0 aliphatic heterocycles. The molecule has 0 heterocycles. The van der Waals surface area contributed by atoms with E-state index in [1.807, 2.05) is 86.6 Å². The van der Waals surface area contributed by atoms with Gasteiger partial charge in [0.15, 0.2) is 5.75 Å². The number of hydrogen-bond acceptors (Lipinski definition) is 11. The minimum Gasteiger partial charge on any atom is -0.478 e. The molecule has 0 atom stereocenters.